The van der Waals surface area contributed by atoms with E-state index in [-0.39, 0.29) is 16.3 Å². The Bertz CT molecular complexity index is 908. The number of rotatable bonds is 4. The van der Waals surface area contributed by atoms with Crippen molar-refractivity contribution in [2.45, 2.75) is 6.92 Å². The fourth-order valence-corrected chi connectivity index (χ4v) is 2.35. The lowest BCUT2D eigenvalue weighted by molar-refractivity contribution is -0.384. The zero-order valence-corrected chi connectivity index (χ0v) is 13.9. The van der Waals surface area contributed by atoms with Gasteiger partial charge in [0.1, 0.15) is 10.6 Å². The number of benzene rings is 2. The molecule has 0 spiro atoms. The molecule has 6 nitrogen and oxygen atoms in total. The van der Waals surface area contributed by atoms with Crippen LogP contribution in [0.15, 0.2) is 12.1 Å². The van der Waals surface area contributed by atoms with Crippen LogP contribution in [0.5, 0.6) is 5.75 Å². The molecule has 2 rings (SSSR count). The molecular weight excluding hydrogens is 384 g/mol. The Labute approximate surface area is 148 Å². The molecule has 0 aliphatic rings. The van der Waals surface area contributed by atoms with Gasteiger partial charge in [-0.05, 0) is 18.6 Å². The van der Waals surface area contributed by atoms with E-state index in [1.807, 2.05) is 5.32 Å². The first-order chi connectivity index (χ1) is 12.1. The lowest BCUT2D eigenvalue weighted by atomic mass is 10.1. The predicted molar refractivity (Wildman–Crippen MR) is 83.6 cm³/mol. The number of aryl methyl sites for hydroxylation is 1. The first kappa shape index (κ1) is 19.4. The van der Waals surface area contributed by atoms with Gasteiger partial charge in [-0.3, -0.25) is 14.9 Å². The summed E-state index contributed by atoms with van der Waals surface area (Å²) in [6, 6.07) is 1.98. The Hall–Kier alpha value is -2.88. The summed E-state index contributed by atoms with van der Waals surface area (Å²) in [4.78, 5) is 22.1. The average molecular weight is 393 g/mol. The van der Waals surface area contributed by atoms with E-state index in [1.54, 1.807) is 0 Å². The fourth-order valence-electron chi connectivity index (χ4n) is 2.12. The van der Waals surface area contributed by atoms with E-state index in [9.17, 15) is 32.5 Å². The van der Waals surface area contributed by atoms with Crippen molar-refractivity contribution in [1.29, 1.82) is 0 Å². The number of carbonyl (C=O) groups excluding carboxylic acids is 1. The molecule has 0 bridgehead atoms. The molecule has 138 valence electrons. The van der Waals surface area contributed by atoms with Crippen LogP contribution in [-0.2, 0) is 0 Å². The summed E-state index contributed by atoms with van der Waals surface area (Å²) in [5.41, 5.74) is -1.98. The Kier molecular flexibility index (Phi) is 5.36. The average Bonchev–Trinajstić information content (AvgIpc) is 2.56. The maximum Gasteiger partial charge on any atom is 0.288 e. The van der Waals surface area contributed by atoms with Gasteiger partial charge in [0.15, 0.2) is 17.4 Å². The third kappa shape index (κ3) is 3.27. The van der Waals surface area contributed by atoms with Gasteiger partial charge in [-0.1, -0.05) is 11.6 Å². The molecule has 2 aromatic rings. The van der Waals surface area contributed by atoms with Crippen LogP contribution in [0.2, 0.25) is 5.02 Å². The molecule has 0 aliphatic heterocycles. The van der Waals surface area contributed by atoms with Gasteiger partial charge in [-0.2, -0.15) is 8.78 Å². The van der Waals surface area contributed by atoms with Gasteiger partial charge in [-0.15, -0.1) is 0 Å². The zero-order chi connectivity index (χ0) is 19.8. The molecule has 26 heavy (non-hydrogen) atoms. The molecule has 0 saturated heterocycles. The van der Waals surface area contributed by atoms with Crippen LogP contribution >= 0.6 is 11.6 Å². The molecule has 0 fully saturated rings. The summed E-state index contributed by atoms with van der Waals surface area (Å²) in [5, 5.41) is 12.4. The normalized spacial score (nSPS) is 10.6. The molecule has 0 heterocycles. The maximum absolute atomic E-state index is 14.0. The van der Waals surface area contributed by atoms with Crippen molar-refractivity contribution in [2.24, 2.45) is 0 Å². The molecule has 0 aromatic heterocycles. The Morgan fingerprint density at radius 1 is 1.15 bits per heavy atom. The van der Waals surface area contributed by atoms with E-state index in [0.717, 1.165) is 19.2 Å². The fraction of sp³-hybridized carbons (Fsp3) is 0.133. The number of halogens is 5. The molecule has 1 amide bonds. The van der Waals surface area contributed by atoms with Crippen LogP contribution in [0.1, 0.15) is 15.9 Å². The summed E-state index contributed by atoms with van der Waals surface area (Å²) in [6.07, 6.45) is 0. The highest BCUT2D eigenvalue weighted by Crippen LogP contribution is 2.33. The van der Waals surface area contributed by atoms with E-state index in [4.69, 9.17) is 11.6 Å². The molecular formula is C15H9ClF4N2O4. The third-order valence-electron chi connectivity index (χ3n) is 3.39. The number of amides is 1. The smallest absolute Gasteiger partial charge is 0.288 e. The molecule has 0 unspecified atom stereocenters. The molecule has 0 saturated carbocycles. The van der Waals surface area contributed by atoms with Crippen LogP contribution in [0.4, 0.5) is 28.9 Å². The lowest BCUT2D eigenvalue weighted by Gasteiger charge is -2.13. The highest BCUT2D eigenvalue weighted by Gasteiger charge is 2.30. The summed E-state index contributed by atoms with van der Waals surface area (Å²) >= 11 is 5.70. The van der Waals surface area contributed by atoms with E-state index >= 15 is 0 Å². The number of nitro groups is 1. The van der Waals surface area contributed by atoms with Crippen molar-refractivity contribution >= 4 is 28.9 Å². The second-order valence-corrected chi connectivity index (χ2v) is 5.40. The van der Waals surface area contributed by atoms with Gasteiger partial charge in [0, 0.05) is 11.8 Å². The van der Waals surface area contributed by atoms with Crippen molar-refractivity contribution in [2.75, 3.05) is 12.4 Å². The van der Waals surface area contributed by atoms with Gasteiger partial charge in [0.2, 0.25) is 11.6 Å². The molecule has 11 heteroatoms. The second-order valence-electron chi connectivity index (χ2n) is 4.99. The zero-order valence-electron chi connectivity index (χ0n) is 13.1. The Morgan fingerprint density at radius 3 is 2.15 bits per heavy atom. The maximum atomic E-state index is 14.0. The van der Waals surface area contributed by atoms with E-state index in [1.165, 1.54) is 6.92 Å². The number of ether oxygens (including phenoxy) is 1. The highest BCUT2D eigenvalue weighted by molar-refractivity contribution is 6.33. The quantitative estimate of drug-likeness (QED) is 0.362. The molecule has 1 N–H and O–H groups in total. The number of nitro benzene ring substituents is 1. The Morgan fingerprint density at radius 2 is 1.69 bits per heavy atom. The van der Waals surface area contributed by atoms with Crippen molar-refractivity contribution < 1.29 is 32.0 Å². The van der Waals surface area contributed by atoms with Crippen LogP contribution in [-0.4, -0.2) is 17.9 Å². The van der Waals surface area contributed by atoms with Gasteiger partial charge in [0.05, 0.1) is 12.0 Å². The minimum absolute atomic E-state index is 0.129. The van der Waals surface area contributed by atoms with Gasteiger partial charge < -0.3 is 10.1 Å². The van der Waals surface area contributed by atoms with E-state index in [0.29, 0.717) is 0 Å². The summed E-state index contributed by atoms with van der Waals surface area (Å²) in [7, 11) is 0.794. The van der Waals surface area contributed by atoms with Crippen molar-refractivity contribution in [1.82, 2.24) is 0 Å². The number of hydrogen-bond acceptors (Lipinski definition) is 4. The SMILES string of the molecule is COc1c(F)c(F)c(C(=O)Nc2cc(Cl)c([N+](=O)[O-])cc2C)c(F)c1F. The summed E-state index contributed by atoms with van der Waals surface area (Å²) < 4.78 is 59.5. The standard InChI is InChI=1S/C15H9ClF4N2O4/c1-5-3-8(22(24)25)6(16)4-7(5)21-15(23)9-10(17)12(19)14(26-2)13(20)11(9)18/h3-4H,1-2H3,(H,21,23). The van der Waals surface area contributed by atoms with Crippen molar-refractivity contribution in [3.05, 3.63) is 61.7 Å². The monoisotopic (exact) mass is 392 g/mol. The number of methoxy groups -OCH3 is 1. The Balaban J connectivity index is 2.50. The van der Waals surface area contributed by atoms with Crippen molar-refractivity contribution in [3.8, 4) is 5.75 Å². The first-order valence-electron chi connectivity index (χ1n) is 6.75. The van der Waals surface area contributed by atoms with E-state index in [2.05, 4.69) is 4.74 Å². The third-order valence-corrected chi connectivity index (χ3v) is 3.70. The van der Waals surface area contributed by atoms with Crippen LogP contribution < -0.4 is 10.1 Å². The number of nitrogens with zero attached hydrogens (tertiary/aromatic N) is 1. The van der Waals surface area contributed by atoms with Crippen molar-refractivity contribution in [3.63, 3.8) is 0 Å². The van der Waals surface area contributed by atoms with Crippen LogP contribution in [0.25, 0.3) is 0 Å². The number of carbonyl (C=O) groups is 1. The van der Waals surface area contributed by atoms with Crippen LogP contribution in [0.3, 0.4) is 0 Å². The van der Waals surface area contributed by atoms with E-state index < -0.39 is 51.1 Å². The lowest BCUT2D eigenvalue weighted by Crippen LogP contribution is -2.19. The minimum Gasteiger partial charge on any atom is -0.491 e. The first-order valence-corrected chi connectivity index (χ1v) is 7.13. The predicted octanol–water partition coefficient (Wildman–Crippen LogP) is 4.37. The largest absolute Gasteiger partial charge is 0.491 e. The molecule has 0 atom stereocenters. The summed E-state index contributed by atoms with van der Waals surface area (Å²) in [5.74, 6) is -10.5. The highest BCUT2D eigenvalue weighted by atomic mass is 35.5. The van der Waals surface area contributed by atoms with Gasteiger partial charge in [0.25, 0.3) is 11.6 Å². The number of nitrogens with one attached hydrogen (secondary N) is 1. The van der Waals surface area contributed by atoms with Gasteiger partial charge >= 0.3 is 0 Å². The molecule has 0 aliphatic carbocycles. The number of anilines is 1. The topological polar surface area (TPSA) is 81.5 Å². The number of hydrogen-bond donors (Lipinski definition) is 1. The molecule has 0 radical (unpaired) electrons. The second kappa shape index (κ2) is 7.16. The molecule has 2 aromatic carbocycles. The van der Waals surface area contributed by atoms with Gasteiger partial charge in [-0.25, -0.2) is 8.78 Å². The minimum atomic E-state index is -1.95. The summed E-state index contributed by atoms with van der Waals surface area (Å²) in [6.45, 7) is 1.35. The van der Waals surface area contributed by atoms with Crippen LogP contribution in [0, 0.1) is 40.3 Å².